The van der Waals surface area contributed by atoms with Gasteiger partial charge in [-0.2, -0.15) is 0 Å². The number of benzene rings is 2. The van der Waals surface area contributed by atoms with Crippen molar-refractivity contribution in [3.8, 4) is 0 Å². The number of ketones is 1. The van der Waals surface area contributed by atoms with Gasteiger partial charge in [-0.1, -0.05) is 42.5 Å². The number of aryl methyl sites for hydroxylation is 1. The average molecular weight is 358 g/mol. The molecule has 27 heavy (non-hydrogen) atoms. The van der Waals surface area contributed by atoms with Crippen LogP contribution in [0.1, 0.15) is 40.5 Å². The lowest BCUT2D eigenvalue weighted by molar-refractivity contribution is -0.127. The lowest BCUT2D eigenvalue weighted by Crippen LogP contribution is -2.35. The number of nitrogens with one attached hydrogen (secondary N) is 2. The maximum Gasteiger partial charge on any atom is 0.258 e. The molecule has 2 N–H and O–H groups in total. The molecule has 0 radical (unpaired) electrons. The third kappa shape index (κ3) is 2.87. The smallest absolute Gasteiger partial charge is 0.258 e. The third-order valence-electron chi connectivity index (χ3n) is 4.89. The fourth-order valence-electron chi connectivity index (χ4n) is 3.68. The maximum atomic E-state index is 12.7. The van der Waals surface area contributed by atoms with E-state index in [-0.39, 0.29) is 18.1 Å². The van der Waals surface area contributed by atoms with Gasteiger partial charge in [-0.25, -0.2) is 0 Å². The molecular formula is C22H18N2O3. The largest absolute Gasteiger partial charge is 0.358 e. The Morgan fingerprint density at radius 2 is 1.70 bits per heavy atom. The van der Waals surface area contributed by atoms with Gasteiger partial charge < -0.3 is 4.98 Å². The van der Waals surface area contributed by atoms with Crippen molar-refractivity contribution in [3.63, 3.8) is 0 Å². The topological polar surface area (TPSA) is 79.0 Å². The first kappa shape index (κ1) is 17.0. The number of para-hydroxylation sites is 1. The SMILES string of the molecule is CC(=O)c1ccc(C2=C(c3c(C)[nH]c4ccccc34)CC(=O)NC2=O)cc1. The lowest BCUT2D eigenvalue weighted by Gasteiger charge is -2.21. The Bertz CT molecular complexity index is 1130. The van der Waals surface area contributed by atoms with Crippen molar-refractivity contribution < 1.29 is 14.4 Å². The number of hydrogen-bond acceptors (Lipinski definition) is 3. The third-order valence-corrected chi connectivity index (χ3v) is 4.89. The monoisotopic (exact) mass is 358 g/mol. The molecule has 0 saturated carbocycles. The van der Waals surface area contributed by atoms with Crippen molar-refractivity contribution in [2.45, 2.75) is 20.3 Å². The van der Waals surface area contributed by atoms with Crippen LogP contribution in [0.25, 0.3) is 22.0 Å². The van der Waals surface area contributed by atoms with Crippen molar-refractivity contribution in [2.75, 3.05) is 0 Å². The van der Waals surface area contributed by atoms with E-state index >= 15 is 0 Å². The number of aromatic amines is 1. The molecule has 2 heterocycles. The van der Waals surface area contributed by atoms with Gasteiger partial charge in [0, 0.05) is 27.7 Å². The molecule has 0 fully saturated rings. The van der Waals surface area contributed by atoms with Gasteiger partial charge in [-0.3, -0.25) is 19.7 Å². The first-order chi connectivity index (χ1) is 13.0. The van der Waals surface area contributed by atoms with Crippen LogP contribution in [0.5, 0.6) is 0 Å². The van der Waals surface area contributed by atoms with Gasteiger partial charge in [0.15, 0.2) is 5.78 Å². The highest BCUT2D eigenvalue weighted by atomic mass is 16.2. The molecular weight excluding hydrogens is 340 g/mol. The number of imide groups is 1. The van der Waals surface area contributed by atoms with Crippen LogP contribution in [-0.4, -0.2) is 22.6 Å². The van der Waals surface area contributed by atoms with Gasteiger partial charge in [0.1, 0.15) is 0 Å². The number of hydrogen-bond donors (Lipinski definition) is 2. The Balaban J connectivity index is 1.98. The second-order valence-electron chi connectivity index (χ2n) is 6.71. The summed E-state index contributed by atoms with van der Waals surface area (Å²) in [6.45, 7) is 3.44. The summed E-state index contributed by atoms with van der Waals surface area (Å²) in [7, 11) is 0. The van der Waals surface area contributed by atoms with Crippen molar-refractivity contribution in [2.24, 2.45) is 0 Å². The van der Waals surface area contributed by atoms with E-state index in [0.717, 1.165) is 22.2 Å². The van der Waals surface area contributed by atoms with Gasteiger partial charge in [0.05, 0.1) is 12.0 Å². The molecule has 0 saturated heterocycles. The zero-order chi connectivity index (χ0) is 19.1. The Morgan fingerprint density at radius 3 is 2.41 bits per heavy atom. The Kier molecular flexibility index (Phi) is 4.00. The quantitative estimate of drug-likeness (QED) is 0.554. The minimum Gasteiger partial charge on any atom is -0.358 e. The molecule has 4 rings (SSSR count). The highest BCUT2D eigenvalue weighted by molar-refractivity contribution is 6.35. The van der Waals surface area contributed by atoms with Gasteiger partial charge in [0.2, 0.25) is 5.91 Å². The average Bonchev–Trinajstić information content (AvgIpc) is 2.96. The molecule has 2 amide bonds. The Hall–Kier alpha value is -3.47. The van der Waals surface area contributed by atoms with E-state index < -0.39 is 5.91 Å². The van der Waals surface area contributed by atoms with Crippen LogP contribution >= 0.6 is 0 Å². The first-order valence-corrected chi connectivity index (χ1v) is 8.72. The number of H-pyrrole nitrogens is 1. The fraction of sp³-hybridized carbons (Fsp3) is 0.136. The number of Topliss-reactive ketones (excluding diaryl/α,β-unsaturated/α-hetero) is 1. The zero-order valence-electron chi connectivity index (χ0n) is 15.1. The minimum absolute atomic E-state index is 0.0356. The summed E-state index contributed by atoms with van der Waals surface area (Å²) in [4.78, 5) is 39.7. The predicted molar refractivity (Wildman–Crippen MR) is 104 cm³/mol. The van der Waals surface area contributed by atoms with E-state index in [1.807, 2.05) is 31.2 Å². The molecule has 0 aliphatic carbocycles. The summed E-state index contributed by atoms with van der Waals surface area (Å²) in [5, 5.41) is 3.39. The Morgan fingerprint density at radius 1 is 1.00 bits per heavy atom. The van der Waals surface area contributed by atoms with Crippen LogP contribution < -0.4 is 5.32 Å². The molecule has 0 atom stereocenters. The number of carbonyl (C=O) groups excluding carboxylic acids is 3. The molecule has 0 bridgehead atoms. The standard InChI is InChI=1S/C22H18N2O3/c1-12-20(16-5-3-4-6-18(16)23-12)17-11-19(26)24-22(27)21(17)15-9-7-14(8-10-15)13(2)25/h3-10,23H,11H2,1-2H3,(H,24,26,27). The second kappa shape index (κ2) is 6.36. The molecule has 1 aliphatic rings. The van der Waals surface area contributed by atoms with E-state index in [1.54, 1.807) is 24.3 Å². The van der Waals surface area contributed by atoms with E-state index in [0.29, 0.717) is 22.3 Å². The van der Waals surface area contributed by atoms with Crippen molar-refractivity contribution in [3.05, 3.63) is 70.9 Å². The highest BCUT2D eigenvalue weighted by Crippen LogP contribution is 2.37. The summed E-state index contributed by atoms with van der Waals surface area (Å²) in [5.74, 6) is -0.767. The van der Waals surface area contributed by atoms with Crippen molar-refractivity contribution in [1.29, 1.82) is 0 Å². The summed E-state index contributed by atoms with van der Waals surface area (Å²) in [5.41, 5.74) is 5.20. The van der Waals surface area contributed by atoms with E-state index in [4.69, 9.17) is 0 Å². The molecule has 2 aromatic carbocycles. The van der Waals surface area contributed by atoms with Crippen molar-refractivity contribution >= 4 is 39.6 Å². The van der Waals surface area contributed by atoms with Crippen LogP contribution in [-0.2, 0) is 9.59 Å². The molecule has 134 valence electrons. The minimum atomic E-state index is -0.415. The molecule has 5 heteroatoms. The predicted octanol–water partition coefficient (Wildman–Crippen LogP) is 3.64. The van der Waals surface area contributed by atoms with E-state index in [2.05, 4.69) is 10.3 Å². The molecule has 3 aromatic rings. The number of carbonyl (C=O) groups is 3. The van der Waals surface area contributed by atoms with Crippen LogP contribution in [0.15, 0.2) is 48.5 Å². The van der Waals surface area contributed by atoms with Crippen LogP contribution in [0.4, 0.5) is 0 Å². The summed E-state index contributed by atoms with van der Waals surface area (Å²) in [6, 6.07) is 14.7. The van der Waals surface area contributed by atoms with Crippen LogP contribution in [0.3, 0.4) is 0 Å². The molecule has 1 aromatic heterocycles. The van der Waals surface area contributed by atoms with Gasteiger partial charge in [-0.15, -0.1) is 0 Å². The molecule has 1 aliphatic heterocycles. The molecule has 0 spiro atoms. The second-order valence-corrected chi connectivity index (χ2v) is 6.71. The van der Waals surface area contributed by atoms with Crippen molar-refractivity contribution in [1.82, 2.24) is 10.3 Å². The number of amides is 2. The zero-order valence-corrected chi connectivity index (χ0v) is 15.1. The van der Waals surface area contributed by atoms with Crippen LogP contribution in [0, 0.1) is 6.92 Å². The van der Waals surface area contributed by atoms with Crippen LogP contribution in [0.2, 0.25) is 0 Å². The van der Waals surface area contributed by atoms with E-state index in [1.165, 1.54) is 6.92 Å². The van der Waals surface area contributed by atoms with Gasteiger partial charge in [0.25, 0.3) is 5.91 Å². The maximum absolute atomic E-state index is 12.7. The van der Waals surface area contributed by atoms with E-state index in [9.17, 15) is 14.4 Å². The number of fused-ring (bicyclic) bond motifs is 1. The Labute approximate surface area is 156 Å². The summed E-state index contributed by atoms with van der Waals surface area (Å²) < 4.78 is 0. The summed E-state index contributed by atoms with van der Waals surface area (Å²) in [6.07, 6.45) is 0.123. The highest BCUT2D eigenvalue weighted by Gasteiger charge is 2.29. The number of aromatic nitrogens is 1. The fourth-order valence-corrected chi connectivity index (χ4v) is 3.68. The van der Waals surface area contributed by atoms with Gasteiger partial charge >= 0.3 is 0 Å². The molecule has 0 unspecified atom stereocenters. The summed E-state index contributed by atoms with van der Waals surface area (Å²) >= 11 is 0. The first-order valence-electron chi connectivity index (χ1n) is 8.72. The van der Waals surface area contributed by atoms with Gasteiger partial charge in [-0.05, 0) is 31.1 Å². The normalized spacial score (nSPS) is 14.6. The lowest BCUT2D eigenvalue weighted by atomic mass is 9.87. The number of rotatable bonds is 3. The molecule has 5 nitrogen and oxygen atoms in total.